The molecule has 0 amide bonds. The predicted octanol–water partition coefficient (Wildman–Crippen LogP) is 5.12. The molecule has 0 atom stereocenters. The molecule has 92 valence electrons. The Labute approximate surface area is 110 Å². The molecule has 0 aliphatic carbocycles. The van der Waals surface area contributed by atoms with Gasteiger partial charge in [0.1, 0.15) is 0 Å². The topological polar surface area (TPSA) is 0 Å². The Hall–Kier alpha value is -1.82. The molecular weight excluding hydrogens is 216 g/mol. The van der Waals surface area contributed by atoms with Crippen LogP contribution in [0.2, 0.25) is 0 Å². The van der Waals surface area contributed by atoms with Gasteiger partial charge in [0.2, 0.25) is 0 Å². The summed E-state index contributed by atoms with van der Waals surface area (Å²) in [5.41, 5.74) is 6.69. The first-order valence-corrected chi connectivity index (χ1v) is 6.54. The third kappa shape index (κ3) is 2.89. The molecule has 0 spiro atoms. The number of hydrogen-bond donors (Lipinski definition) is 0. The van der Waals surface area contributed by atoms with Crippen LogP contribution in [0.3, 0.4) is 0 Å². The normalized spacial score (nSPS) is 11.6. The summed E-state index contributed by atoms with van der Waals surface area (Å²) in [6, 6.07) is 17.3. The Morgan fingerprint density at radius 2 is 1.83 bits per heavy atom. The molecule has 0 heteroatoms. The third-order valence-corrected chi connectivity index (χ3v) is 3.25. The lowest BCUT2D eigenvalue weighted by Gasteiger charge is -2.08. The molecule has 18 heavy (non-hydrogen) atoms. The van der Waals surface area contributed by atoms with Crippen molar-refractivity contribution in [2.24, 2.45) is 0 Å². The van der Waals surface area contributed by atoms with Crippen LogP contribution in [0.4, 0.5) is 0 Å². The second-order valence-electron chi connectivity index (χ2n) is 4.75. The Morgan fingerprint density at radius 3 is 2.56 bits per heavy atom. The average molecular weight is 236 g/mol. The molecule has 0 saturated carbocycles. The number of hydrogen-bond acceptors (Lipinski definition) is 0. The molecule has 2 rings (SSSR count). The molecule has 0 nitrogen and oxygen atoms in total. The molecule has 2 aromatic carbocycles. The summed E-state index contributed by atoms with van der Waals surface area (Å²) in [6.07, 6.45) is 3.34. The minimum atomic E-state index is 1.08. The van der Waals surface area contributed by atoms with Crippen LogP contribution in [0.25, 0.3) is 11.6 Å². The molecule has 0 saturated heterocycles. The monoisotopic (exact) mass is 236 g/mol. The zero-order chi connectivity index (χ0) is 13.0. The maximum Gasteiger partial charge on any atom is -0.0195 e. The van der Waals surface area contributed by atoms with E-state index in [1.54, 1.807) is 0 Å². The van der Waals surface area contributed by atoms with Crippen LogP contribution in [0.1, 0.15) is 36.1 Å². The van der Waals surface area contributed by atoms with Gasteiger partial charge in [0, 0.05) is 0 Å². The molecule has 0 aliphatic rings. The van der Waals surface area contributed by atoms with Crippen molar-refractivity contribution in [3.05, 3.63) is 70.8 Å². The molecule has 0 heterocycles. The molecule has 0 radical (unpaired) electrons. The molecule has 0 aliphatic heterocycles. The highest BCUT2D eigenvalue weighted by Gasteiger charge is 2.01. The largest absolute Gasteiger partial charge is 0.0620 e. The van der Waals surface area contributed by atoms with Crippen molar-refractivity contribution in [3.8, 4) is 0 Å². The summed E-state index contributed by atoms with van der Waals surface area (Å²) >= 11 is 0. The zero-order valence-electron chi connectivity index (χ0n) is 11.4. The van der Waals surface area contributed by atoms with Gasteiger partial charge in [-0.05, 0) is 42.5 Å². The van der Waals surface area contributed by atoms with Crippen LogP contribution in [0.15, 0.2) is 48.5 Å². The first kappa shape index (κ1) is 12.6. The van der Waals surface area contributed by atoms with E-state index >= 15 is 0 Å². The van der Waals surface area contributed by atoms with Crippen LogP contribution < -0.4 is 0 Å². The van der Waals surface area contributed by atoms with E-state index in [-0.39, 0.29) is 0 Å². The average Bonchev–Trinajstić information content (AvgIpc) is 2.38. The second-order valence-corrected chi connectivity index (χ2v) is 4.75. The third-order valence-electron chi connectivity index (χ3n) is 3.25. The van der Waals surface area contributed by atoms with E-state index in [0.29, 0.717) is 0 Å². The van der Waals surface area contributed by atoms with Crippen LogP contribution in [0, 0.1) is 6.92 Å². The Balaban J connectivity index is 2.39. The summed E-state index contributed by atoms with van der Waals surface area (Å²) in [5, 5.41) is 0. The fraction of sp³-hybridized carbons (Fsp3) is 0.222. The fourth-order valence-corrected chi connectivity index (χ4v) is 2.30. The maximum atomic E-state index is 2.27. The van der Waals surface area contributed by atoms with E-state index in [1.165, 1.54) is 27.8 Å². The molecule has 0 bridgehead atoms. The summed E-state index contributed by atoms with van der Waals surface area (Å²) in [4.78, 5) is 0. The summed E-state index contributed by atoms with van der Waals surface area (Å²) in [6.45, 7) is 6.53. The van der Waals surface area contributed by atoms with Crippen molar-refractivity contribution in [2.75, 3.05) is 0 Å². The molecule has 2 aromatic rings. The number of benzene rings is 2. The number of rotatable bonds is 3. The van der Waals surface area contributed by atoms with Crippen LogP contribution in [-0.2, 0) is 6.42 Å². The lowest BCUT2D eigenvalue weighted by Crippen LogP contribution is -1.89. The lowest BCUT2D eigenvalue weighted by atomic mass is 9.97. The van der Waals surface area contributed by atoms with Gasteiger partial charge in [0.25, 0.3) is 0 Å². The lowest BCUT2D eigenvalue weighted by molar-refractivity contribution is 1.13. The summed E-state index contributed by atoms with van der Waals surface area (Å²) in [7, 11) is 0. The fourth-order valence-electron chi connectivity index (χ4n) is 2.30. The van der Waals surface area contributed by atoms with Gasteiger partial charge in [0.15, 0.2) is 0 Å². The van der Waals surface area contributed by atoms with Crippen LogP contribution in [-0.4, -0.2) is 0 Å². The zero-order valence-corrected chi connectivity index (χ0v) is 11.4. The van der Waals surface area contributed by atoms with E-state index in [2.05, 4.69) is 75.4 Å². The van der Waals surface area contributed by atoms with Crippen molar-refractivity contribution < 1.29 is 0 Å². The van der Waals surface area contributed by atoms with Gasteiger partial charge >= 0.3 is 0 Å². The molecular formula is C18H20. The highest BCUT2D eigenvalue weighted by molar-refractivity contribution is 5.81. The summed E-state index contributed by atoms with van der Waals surface area (Å²) < 4.78 is 0. The van der Waals surface area contributed by atoms with Gasteiger partial charge in [0.05, 0.1) is 0 Å². The van der Waals surface area contributed by atoms with Gasteiger partial charge in [-0.25, -0.2) is 0 Å². The minimum absolute atomic E-state index is 1.08. The Kier molecular flexibility index (Phi) is 3.99. The van der Waals surface area contributed by atoms with E-state index in [1.807, 2.05) is 0 Å². The predicted molar refractivity (Wildman–Crippen MR) is 80.5 cm³/mol. The quantitative estimate of drug-likeness (QED) is 0.649. The van der Waals surface area contributed by atoms with E-state index < -0.39 is 0 Å². The van der Waals surface area contributed by atoms with Gasteiger partial charge in [-0.1, -0.05) is 67.1 Å². The molecule has 0 N–H and O–H groups in total. The molecule has 0 fully saturated rings. The standard InChI is InChI=1S/C18H20/c1-4-17-10-5-6-11-18(17)15(3)13-16-9-7-8-14(2)12-16/h5-13H,4H2,1-3H3. The van der Waals surface area contributed by atoms with Gasteiger partial charge < -0.3 is 0 Å². The van der Waals surface area contributed by atoms with E-state index in [9.17, 15) is 0 Å². The second kappa shape index (κ2) is 5.68. The Morgan fingerprint density at radius 1 is 1.06 bits per heavy atom. The van der Waals surface area contributed by atoms with Crippen LogP contribution in [0.5, 0.6) is 0 Å². The molecule has 0 unspecified atom stereocenters. The highest BCUT2D eigenvalue weighted by Crippen LogP contribution is 2.22. The number of allylic oxidation sites excluding steroid dienone is 1. The van der Waals surface area contributed by atoms with Crippen LogP contribution >= 0.6 is 0 Å². The van der Waals surface area contributed by atoms with Crippen molar-refractivity contribution in [1.82, 2.24) is 0 Å². The minimum Gasteiger partial charge on any atom is -0.0620 e. The smallest absolute Gasteiger partial charge is 0.0195 e. The first-order chi connectivity index (χ1) is 8.70. The summed E-state index contributed by atoms with van der Waals surface area (Å²) in [5.74, 6) is 0. The van der Waals surface area contributed by atoms with Gasteiger partial charge in [-0.2, -0.15) is 0 Å². The van der Waals surface area contributed by atoms with Crippen molar-refractivity contribution >= 4 is 11.6 Å². The SMILES string of the molecule is CCc1ccccc1C(C)=Cc1cccc(C)c1. The molecule has 0 aromatic heterocycles. The van der Waals surface area contributed by atoms with Crippen molar-refractivity contribution in [2.45, 2.75) is 27.2 Å². The first-order valence-electron chi connectivity index (χ1n) is 6.54. The number of aryl methyl sites for hydroxylation is 2. The van der Waals surface area contributed by atoms with Crippen molar-refractivity contribution in [1.29, 1.82) is 0 Å². The van der Waals surface area contributed by atoms with Crippen molar-refractivity contribution in [3.63, 3.8) is 0 Å². The maximum absolute atomic E-state index is 2.27. The van der Waals surface area contributed by atoms with Gasteiger partial charge in [-0.3, -0.25) is 0 Å². The van der Waals surface area contributed by atoms with E-state index in [0.717, 1.165) is 6.42 Å². The van der Waals surface area contributed by atoms with E-state index in [4.69, 9.17) is 0 Å². The van der Waals surface area contributed by atoms with Gasteiger partial charge in [-0.15, -0.1) is 0 Å². The Bertz CT molecular complexity index is 562. The highest BCUT2D eigenvalue weighted by atomic mass is 14.1.